The van der Waals surface area contributed by atoms with Gasteiger partial charge in [-0.3, -0.25) is 9.59 Å². The summed E-state index contributed by atoms with van der Waals surface area (Å²) in [5.74, 6) is -0.0890. The lowest BCUT2D eigenvalue weighted by Gasteiger charge is -2.10. The molecule has 0 bridgehead atoms. The molecular weight excluding hydrogens is 370 g/mol. The minimum atomic E-state index is -0.467. The molecule has 2 heterocycles. The highest BCUT2D eigenvalue weighted by atomic mass is 35.5. The summed E-state index contributed by atoms with van der Waals surface area (Å²) in [6.45, 7) is 1.55. The van der Waals surface area contributed by atoms with Gasteiger partial charge in [-0.2, -0.15) is 0 Å². The molecule has 1 aromatic heterocycles. The Balaban J connectivity index is 1.56. The summed E-state index contributed by atoms with van der Waals surface area (Å²) >= 11 is 6.24. The number of ether oxygens (including phenoxy) is 1. The number of halogens is 1. The fourth-order valence-corrected chi connectivity index (χ4v) is 3.28. The van der Waals surface area contributed by atoms with Gasteiger partial charge in [-0.25, -0.2) is 4.79 Å². The minimum absolute atomic E-state index is 0.0921. The second-order valence-electron chi connectivity index (χ2n) is 6.34. The van der Waals surface area contributed by atoms with Gasteiger partial charge in [-0.1, -0.05) is 11.6 Å². The lowest BCUT2D eigenvalue weighted by molar-refractivity contribution is -0.115. The molecule has 0 saturated heterocycles. The van der Waals surface area contributed by atoms with Gasteiger partial charge in [0.2, 0.25) is 5.91 Å². The van der Waals surface area contributed by atoms with Gasteiger partial charge >= 0.3 is 5.63 Å². The van der Waals surface area contributed by atoms with Crippen LogP contribution in [0.5, 0.6) is 5.75 Å². The predicted molar refractivity (Wildman–Crippen MR) is 101 cm³/mol. The highest BCUT2D eigenvalue weighted by Crippen LogP contribution is 2.31. The number of hydrogen-bond donors (Lipinski definition) is 1. The van der Waals surface area contributed by atoms with E-state index in [4.69, 9.17) is 20.8 Å². The van der Waals surface area contributed by atoms with Gasteiger partial charge in [-0.15, -0.1) is 0 Å². The van der Waals surface area contributed by atoms with Crippen molar-refractivity contribution in [1.29, 1.82) is 0 Å². The Bertz CT molecular complexity index is 1160. The molecule has 1 N–H and O–H groups in total. The van der Waals surface area contributed by atoms with Gasteiger partial charge in [0.25, 0.3) is 0 Å². The van der Waals surface area contributed by atoms with Crippen LogP contribution in [0.3, 0.4) is 0 Å². The Kier molecular flexibility index (Phi) is 4.20. The predicted octanol–water partition coefficient (Wildman–Crippen LogP) is 3.51. The number of nitrogens with one attached hydrogen (secondary N) is 1. The first-order chi connectivity index (χ1) is 12.9. The number of rotatable bonds is 4. The molecule has 1 amide bonds. The number of amides is 1. The van der Waals surface area contributed by atoms with Crippen LogP contribution in [-0.4, -0.2) is 18.3 Å². The molecular formula is C20H14ClNO5. The van der Waals surface area contributed by atoms with Gasteiger partial charge in [0, 0.05) is 28.8 Å². The van der Waals surface area contributed by atoms with Crippen LogP contribution in [-0.2, 0) is 11.2 Å². The average Bonchev–Trinajstić information content (AvgIpc) is 2.99. The Hall–Kier alpha value is -3.12. The van der Waals surface area contributed by atoms with E-state index in [0.29, 0.717) is 21.6 Å². The van der Waals surface area contributed by atoms with E-state index in [0.717, 1.165) is 16.8 Å². The second-order valence-corrected chi connectivity index (χ2v) is 6.74. The first-order valence-electron chi connectivity index (χ1n) is 8.23. The number of carbonyl (C=O) groups is 2. The summed E-state index contributed by atoms with van der Waals surface area (Å²) in [4.78, 5) is 35.4. The van der Waals surface area contributed by atoms with E-state index in [-0.39, 0.29) is 30.5 Å². The molecule has 3 aromatic rings. The van der Waals surface area contributed by atoms with Gasteiger partial charge in [0.15, 0.2) is 12.4 Å². The summed E-state index contributed by atoms with van der Waals surface area (Å²) in [5, 5.41) is 3.74. The lowest BCUT2D eigenvalue weighted by atomic mass is 10.1. The fraction of sp³-hybridized carbons (Fsp3) is 0.150. The van der Waals surface area contributed by atoms with Crippen LogP contribution in [0.25, 0.3) is 11.0 Å². The van der Waals surface area contributed by atoms with E-state index >= 15 is 0 Å². The van der Waals surface area contributed by atoms with Gasteiger partial charge < -0.3 is 14.5 Å². The Morgan fingerprint density at radius 2 is 2.04 bits per heavy atom. The van der Waals surface area contributed by atoms with Crippen molar-refractivity contribution in [2.24, 2.45) is 0 Å². The molecule has 4 rings (SSSR count). The Labute approximate surface area is 158 Å². The fourth-order valence-electron chi connectivity index (χ4n) is 3.06. The number of benzene rings is 2. The number of carbonyl (C=O) groups excluding carboxylic acids is 2. The molecule has 2 aromatic carbocycles. The van der Waals surface area contributed by atoms with Crippen LogP contribution in [0.15, 0.2) is 45.6 Å². The Morgan fingerprint density at radius 1 is 1.22 bits per heavy atom. The quantitative estimate of drug-likeness (QED) is 0.550. The highest BCUT2D eigenvalue weighted by Gasteiger charge is 2.19. The number of Topliss-reactive ketones (excluding diaryl/α,β-unsaturated/α-hetero) is 1. The van der Waals surface area contributed by atoms with Crippen molar-refractivity contribution in [3.63, 3.8) is 0 Å². The van der Waals surface area contributed by atoms with Crippen LogP contribution < -0.4 is 15.7 Å². The topological polar surface area (TPSA) is 85.6 Å². The molecule has 0 atom stereocenters. The van der Waals surface area contributed by atoms with Gasteiger partial charge in [0.1, 0.15) is 11.3 Å². The minimum Gasteiger partial charge on any atom is -0.484 e. The molecule has 6 nitrogen and oxygen atoms in total. The molecule has 1 aliphatic rings. The molecule has 1 aliphatic heterocycles. The zero-order valence-corrected chi connectivity index (χ0v) is 15.1. The van der Waals surface area contributed by atoms with Crippen LogP contribution in [0.1, 0.15) is 21.5 Å². The largest absolute Gasteiger partial charge is 0.484 e. The maximum absolute atomic E-state index is 12.4. The first-order valence-corrected chi connectivity index (χ1v) is 8.61. The monoisotopic (exact) mass is 383 g/mol. The third-order valence-corrected chi connectivity index (χ3v) is 4.71. The summed E-state index contributed by atoms with van der Waals surface area (Å²) < 4.78 is 10.7. The van der Waals surface area contributed by atoms with Crippen molar-refractivity contribution in [2.45, 2.75) is 13.3 Å². The van der Waals surface area contributed by atoms with E-state index < -0.39 is 5.63 Å². The van der Waals surface area contributed by atoms with Crippen molar-refractivity contribution >= 4 is 39.9 Å². The molecule has 0 unspecified atom stereocenters. The summed E-state index contributed by atoms with van der Waals surface area (Å²) in [6.07, 6.45) is 0.256. The van der Waals surface area contributed by atoms with Crippen LogP contribution >= 0.6 is 11.6 Å². The molecule has 0 radical (unpaired) electrons. The van der Waals surface area contributed by atoms with E-state index in [1.807, 2.05) is 0 Å². The van der Waals surface area contributed by atoms with Crippen molar-refractivity contribution in [3.8, 4) is 5.75 Å². The van der Waals surface area contributed by atoms with Crippen molar-refractivity contribution in [3.05, 3.63) is 68.5 Å². The van der Waals surface area contributed by atoms with Crippen LogP contribution in [0.4, 0.5) is 5.69 Å². The number of anilines is 1. The normalized spacial score (nSPS) is 12.7. The molecule has 0 spiro atoms. The average molecular weight is 384 g/mol. The van der Waals surface area contributed by atoms with Gasteiger partial charge in [0.05, 0.1) is 11.4 Å². The smallest absolute Gasteiger partial charge is 0.336 e. The zero-order valence-electron chi connectivity index (χ0n) is 14.3. The van der Waals surface area contributed by atoms with Crippen LogP contribution in [0.2, 0.25) is 5.02 Å². The van der Waals surface area contributed by atoms with E-state index in [1.165, 1.54) is 12.1 Å². The van der Waals surface area contributed by atoms with Crippen molar-refractivity contribution in [1.82, 2.24) is 0 Å². The molecule has 0 aliphatic carbocycles. The molecule has 27 heavy (non-hydrogen) atoms. The molecule has 0 fully saturated rings. The van der Waals surface area contributed by atoms with E-state index in [1.54, 1.807) is 31.2 Å². The Morgan fingerprint density at radius 3 is 2.85 bits per heavy atom. The van der Waals surface area contributed by atoms with Crippen LogP contribution in [0, 0.1) is 6.92 Å². The lowest BCUT2D eigenvalue weighted by Crippen LogP contribution is -2.12. The first kappa shape index (κ1) is 17.3. The summed E-state index contributed by atoms with van der Waals surface area (Å²) in [5.41, 5.74) is 2.57. The third-order valence-electron chi connectivity index (χ3n) is 4.41. The summed E-state index contributed by atoms with van der Waals surface area (Å²) in [6, 6.07) is 9.56. The second kappa shape index (κ2) is 6.55. The van der Waals surface area contributed by atoms with Gasteiger partial charge in [-0.05, 0) is 42.3 Å². The maximum atomic E-state index is 12.4. The zero-order chi connectivity index (χ0) is 19.1. The number of ketones is 1. The molecule has 7 heteroatoms. The molecule has 0 saturated carbocycles. The maximum Gasteiger partial charge on any atom is 0.336 e. The van der Waals surface area contributed by atoms with E-state index in [9.17, 15) is 14.4 Å². The molecule has 136 valence electrons. The van der Waals surface area contributed by atoms with E-state index in [2.05, 4.69) is 5.32 Å². The standard InChI is InChI=1S/C20H14ClNO5/c1-10-4-20(25)27-17-8-18(14(21)7-13(10)17)26-9-16(23)11-2-3-15-12(5-11)6-19(24)22-15/h2-5,7-8H,6,9H2,1H3,(H,22,24). The highest BCUT2D eigenvalue weighted by molar-refractivity contribution is 6.32. The SMILES string of the molecule is Cc1cc(=O)oc2cc(OCC(=O)c3ccc4c(c3)CC(=O)N4)c(Cl)cc12. The summed E-state index contributed by atoms with van der Waals surface area (Å²) in [7, 11) is 0. The number of fused-ring (bicyclic) bond motifs is 2. The number of aryl methyl sites for hydroxylation is 1. The number of hydrogen-bond acceptors (Lipinski definition) is 5. The van der Waals surface area contributed by atoms with Crippen molar-refractivity contribution < 1.29 is 18.7 Å². The van der Waals surface area contributed by atoms with Crippen molar-refractivity contribution in [2.75, 3.05) is 11.9 Å². The third kappa shape index (κ3) is 3.31.